The van der Waals surface area contributed by atoms with Crippen molar-refractivity contribution in [3.8, 4) is 11.5 Å². The van der Waals surface area contributed by atoms with Crippen LogP contribution in [0.15, 0.2) is 17.1 Å². The fraction of sp³-hybridized carbons (Fsp3) is 0.562. The zero-order valence-electron chi connectivity index (χ0n) is 12.8. The molecule has 1 aromatic rings. The minimum Gasteiger partial charge on any atom is -0.496 e. The predicted molar refractivity (Wildman–Crippen MR) is 78.5 cm³/mol. The maximum absolute atomic E-state index is 10.9. The number of carbonyl (C=O) groups excluding carboxylic acids is 1. The van der Waals surface area contributed by atoms with E-state index in [1.54, 1.807) is 27.4 Å². The first kappa shape index (κ1) is 15.5. The van der Waals surface area contributed by atoms with Gasteiger partial charge in [-0.2, -0.15) is 4.99 Å². The number of hydrogen-bond donors (Lipinski definition) is 0. The van der Waals surface area contributed by atoms with E-state index in [2.05, 4.69) is 4.99 Å². The number of rotatable bonds is 6. The summed E-state index contributed by atoms with van der Waals surface area (Å²) in [4.78, 5) is 15.0. The average molecular weight is 291 g/mol. The summed E-state index contributed by atoms with van der Waals surface area (Å²) in [6.45, 7) is 0.469. The van der Waals surface area contributed by atoms with E-state index in [0.29, 0.717) is 18.1 Å². The highest BCUT2D eigenvalue weighted by molar-refractivity contribution is 5.54. The van der Waals surface area contributed by atoms with Gasteiger partial charge in [0.2, 0.25) is 6.08 Å². The van der Waals surface area contributed by atoms with Gasteiger partial charge in [-0.1, -0.05) is 12.8 Å². The van der Waals surface area contributed by atoms with Crippen LogP contribution in [0.4, 0.5) is 0 Å². The van der Waals surface area contributed by atoms with E-state index >= 15 is 0 Å². The second-order valence-corrected chi connectivity index (χ2v) is 5.25. The van der Waals surface area contributed by atoms with Gasteiger partial charge >= 0.3 is 0 Å². The predicted octanol–water partition coefficient (Wildman–Crippen LogP) is 2.96. The van der Waals surface area contributed by atoms with E-state index < -0.39 is 5.54 Å². The molecule has 0 saturated heterocycles. The molecular formula is C16H21NO4. The molecule has 0 aromatic heterocycles. The molecule has 0 N–H and O–H groups in total. The molecule has 5 heteroatoms. The number of ether oxygens (including phenoxy) is 3. The van der Waals surface area contributed by atoms with Crippen LogP contribution in [0.1, 0.15) is 36.8 Å². The lowest BCUT2D eigenvalue weighted by Crippen LogP contribution is -2.21. The van der Waals surface area contributed by atoms with E-state index in [4.69, 9.17) is 14.2 Å². The quantitative estimate of drug-likeness (QED) is 0.597. The zero-order valence-corrected chi connectivity index (χ0v) is 12.8. The SMILES string of the molecule is COCc1cc(OC)c(C2(N=C=O)CCCC2)c(OC)c1. The second kappa shape index (κ2) is 6.74. The lowest BCUT2D eigenvalue weighted by atomic mass is 9.86. The molecule has 21 heavy (non-hydrogen) atoms. The van der Waals surface area contributed by atoms with Gasteiger partial charge in [0, 0.05) is 7.11 Å². The van der Waals surface area contributed by atoms with Crippen LogP contribution in [0.5, 0.6) is 11.5 Å². The van der Waals surface area contributed by atoms with Crippen molar-refractivity contribution in [2.24, 2.45) is 4.99 Å². The van der Waals surface area contributed by atoms with E-state index in [0.717, 1.165) is 36.8 Å². The lowest BCUT2D eigenvalue weighted by molar-refractivity contribution is 0.184. The fourth-order valence-corrected chi connectivity index (χ4v) is 3.14. The number of nitrogens with zero attached hydrogens (tertiary/aromatic N) is 1. The van der Waals surface area contributed by atoms with Crippen molar-refractivity contribution in [2.45, 2.75) is 37.8 Å². The summed E-state index contributed by atoms with van der Waals surface area (Å²) in [6.07, 6.45) is 5.39. The first-order valence-electron chi connectivity index (χ1n) is 7.04. The second-order valence-electron chi connectivity index (χ2n) is 5.25. The number of aliphatic imine (C=N–C) groups is 1. The van der Waals surface area contributed by atoms with Crippen LogP contribution in [0, 0.1) is 0 Å². The van der Waals surface area contributed by atoms with Crippen LogP contribution in [0.3, 0.4) is 0 Å². The number of methoxy groups -OCH3 is 3. The van der Waals surface area contributed by atoms with Crippen LogP contribution in [0.2, 0.25) is 0 Å². The van der Waals surface area contributed by atoms with Gasteiger partial charge in [-0.25, -0.2) is 4.79 Å². The number of benzene rings is 1. The topological polar surface area (TPSA) is 57.1 Å². The summed E-state index contributed by atoms with van der Waals surface area (Å²) in [7, 11) is 4.87. The summed E-state index contributed by atoms with van der Waals surface area (Å²) in [5, 5.41) is 0. The van der Waals surface area contributed by atoms with Crippen molar-refractivity contribution in [3.05, 3.63) is 23.3 Å². The van der Waals surface area contributed by atoms with Crippen LogP contribution in [-0.4, -0.2) is 27.4 Å². The van der Waals surface area contributed by atoms with Gasteiger partial charge in [-0.3, -0.25) is 0 Å². The van der Waals surface area contributed by atoms with Gasteiger partial charge < -0.3 is 14.2 Å². The molecule has 0 spiro atoms. The highest BCUT2D eigenvalue weighted by atomic mass is 16.5. The van der Waals surface area contributed by atoms with Gasteiger partial charge in [0.1, 0.15) is 17.0 Å². The number of isocyanates is 1. The van der Waals surface area contributed by atoms with E-state index in [1.807, 2.05) is 12.1 Å². The molecular weight excluding hydrogens is 270 g/mol. The van der Waals surface area contributed by atoms with Crippen LogP contribution >= 0.6 is 0 Å². The standard InChI is InChI=1S/C16H21NO4/c1-19-10-12-8-13(20-2)15(14(9-12)21-3)16(17-11-18)6-4-5-7-16/h8-9H,4-7,10H2,1-3H3. The molecule has 2 rings (SSSR count). The van der Waals surface area contributed by atoms with Crippen molar-refractivity contribution in [1.29, 1.82) is 0 Å². The molecule has 5 nitrogen and oxygen atoms in total. The van der Waals surface area contributed by atoms with Crippen LogP contribution in [-0.2, 0) is 21.7 Å². The Morgan fingerprint density at radius 2 is 1.71 bits per heavy atom. The molecule has 1 saturated carbocycles. The van der Waals surface area contributed by atoms with Crippen LogP contribution < -0.4 is 9.47 Å². The Kier molecular flexibility index (Phi) is 4.99. The highest BCUT2D eigenvalue weighted by Gasteiger charge is 2.40. The molecule has 114 valence electrons. The summed E-state index contributed by atoms with van der Waals surface area (Å²) < 4.78 is 16.2. The highest BCUT2D eigenvalue weighted by Crippen LogP contribution is 2.50. The average Bonchev–Trinajstić information content (AvgIpc) is 2.96. The summed E-state index contributed by atoms with van der Waals surface area (Å²) >= 11 is 0. The minimum absolute atomic E-state index is 0.469. The molecule has 0 aliphatic heterocycles. The Bertz CT molecular complexity index is 518. The fourth-order valence-electron chi connectivity index (χ4n) is 3.14. The summed E-state index contributed by atoms with van der Waals surface area (Å²) in [6, 6.07) is 3.84. The molecule has 1 aliphatic carbocycles. The first-order chi connectivity index (χ1) is 10.2. The van der Waals surface area contributed by atoms with Crippen molar-refractivity contribution < 1.29 is 19.0 Å². The normalized spacial score (nSPS) is 16.3. The van der Waals surface area contributed by atoms with E-state index in [1.165, 1.54) is 0 Å². The Labute approximate surface area is 124 Å². The Balaban J connectivity index is 2.62. The van der Waals surface area contributed by atoms with Crippen molar-refractivity contribution >= 4 is 6.08 Å². The zero-order chi connectivity index (χ0) is 15.3. The largest absolute Gasteiger partial charge is 0.496 e. The first-order valence-corrected chi connectivity index (χ1v) is 7.04. The third-order valence-corrected chi connectivity index (χ3v) is 4.03. The third-order valence-electron chi connectivity index (χ3n) is 4.03. The molecule has 0 bridgehead atoms. The van der Waals surface area contributed by atoms with Gasteiger partial charge in [-0.15, -0.1) is 0 Å². The van der Waals surface area contributed by atoms with E-state index in [-0.39, 0.29) is 0 Å². The molecule has 1 aromatic carbocycles. The van der Waals surface area contributed by atoms with Crippen LogP contribution in [0.25, 0.3) is 0 Å². The molecule has 1 fully saturated rings. The van der Waals surface area contributed by atoms with Gasteiger partial charge in [0.15, 0.2) is 0 Å². The molecule has 0 heterocycles. The smallest absolute Gasteiger partial charge is 0.235 e. The maximum Gasteiger partial charge on any atom is 0.235 e. The summed E-state index contributed by atoms with van der Waals surface area (Å²) in [5.41, 5.74) is 1.22. The Morgan fingerprint density at radius 3 is 2.14 bits per heavy atom. The van der Waals surface area contributed by atoms with Crippen molar-refractivity contribution in [2.75, 3.05) is 21.3 Å². The Hall–Kier alpha value is -1.84. The van der Waals surface area contributed by atoms with E-state index in [9.17, 15) is 4.79 Å². The van der Waals surface area contributed by atoms with Crippen molar-refractivity contribution in [3.63, 3.8) is 0 Å². The molecule has 0 unspecified atom stereocenters. The third kappa shape index (κ3) is 2.94. The molecule has 0 radical (unpaired) electrons. The van der Waals surface area contributed by atoms with Crippen molar-refractivity contribution in [1.82, 2.24) is 0 Å². The Morgan fingerprint density at radius 1 is 1.14 bits per heavy atom. The van der Waals surface area contributed by atoms with Gasteiger partial charge in [0.05, 0.1) is 26.4 Å². The molecule has 0 atom stereocenters. The minimum atomic E-state index is -0.579. The lowest BCUT2D eigenvalue weighted by Gasteiger charge is -2.27. The summed E-state index contributed by atoms with van der Waals surface area (Å²) in [5.74, 6) is 1.37. The monoisotopic (exact) mass is 291 g/mol. The van der Waals surface area contributed by atoms with Gasteiger partial charge in [-0.05, 0) is 30.5 Å². The molecule has 0 amide bonds. The number of hydrogen-bond acceptors (Lipinski definition) is 5. The molecule has 1 aliphatic rings. The maximum atomic E-state index is 10.9. The van der Waals surface area contributed by atoms with Gasteiger partial charge in [0.25, 0.3) is 0 Å².